The van der Waals surface area contributed by atoms with Gasteiger partial charge in [0.2, 0.25) is 0 Å². The van der Waals surface area contributed by atoms with E-state index in [1.165, 1.54) is 0 Å². The fraction of sp³-hybridized carbons (Fsp3) is 0.222. The van der Waals surface area contributed by atoms with Gasteiger partial charge in [-0.1, -0.05) is 16.8 Å². The van der Waals surface area contributed by atoms with Crippen LogP contribution in [0, 0.1) is 4.91 Å². The summed E-state index contributed by atoms with van der Waals surface area (Å²) in [6.45, 7) is 0.152. The average Bonchev–Trinajstić information content (AvgIpc) is 2.19. The molecule has 0 aliphatic heterocycles. The Labute approximate surface area is 94.6 Å². The lowest BCUT2D eigenvalue weighted by molar-refractivity contribution is 0.112. The van der Waals surface area contributed by atoms with Crippen molar-refractivity contribution in [3.8, 4) is 0 Å². The highest BCUT2D eigenvalue weighted by atomic mass is 79.9. The molecule has 0 radical (unpaired) electrons. The van der Waals surface area contributed by atoms with Gasteiger partial charge in [-0.25, -0.2) is 0 Å². The third kappa shape index (κ3) is 2.62. The van der Waals surface area contributed by atoms with Crippen LogP contribution < -0.4 is 0 Å². The Bertz CT molecular complexity index is 368. The Balaban J connectivity index is 3.06. The molecule has 1 aromatic rings. The molecule has 5 heteroatoms. The zero-order valence-electron chi connectivity index (χ0n) is 7.17. The van der Waals surface area contributed by atoms with Gasteiger partial charge in [0.05, 0.1) is 11.6 Å². The van der Waals surface area contributed by atoms with Gasteiger partial charge in [0.1, 0.15) is 6.29 Å². The Hall–Kier alpha value is -0.740. The molecule has 14 heavy (non-hydrogen) atoms. The number of nitrogens with zero attached hydrogens (tertiary/aromatic N) is 1. The molecule has 0 spiro atoms. The summed E-state index contributed by atoms with van der Waals surface area (Å²) in [5.41, 5.74) is 1.28. The van der Waals surface area contributed by atoms with E-state index in [1.54, 1.807) is 12.1 Å². The molecule has 0 aliphatic carbocycles. The van der Waals surface area contributed by atoms with Crippen LogP contribution in [-0.4, -0.2) is 12.8 Å². The van der Waals surface area contributed by atoms with E-state index in [-0.39, 0.29) is 6.54 Å². The first kappa shape index (κ1) is 11.3. The first-order valence-electron chi connectivity index (χ1n) is 3.91. The van der Waals surface area contributed by atoms with Gasteiger partial charge in [0.25, 0.3) is 0 Å². The van der Waals surface area contributed by atoms with Gasteiger partial charge in [-0.2, -0.15) is 4.91 Å². The van der Waals surface area contributed by atoms with Crippen LogP contribution in [-0.2, 0) is 6.42 Å². The number of benzene rings is 1. The maximum absolute atomic E-state index is 10.7. The van der Waals surface area contributed by atoms with Crippen molar-refractivity contribution in [3.05, 3.63) is 37.7 Å². The molecule has 1 aromatic carbocycles. The first-order valence-corrected chi connectivity index (χ1v) is 5.08. The molecular weight excluding hydrogens is 269 g/mol. The Morgan fingerprint density at radius 1 is 1.50 bits per heavy atom. The van der Waals surface area contributed by atoms with Gasteiger partial charge in [-0.05, 0) is 40.0 Å². The summed E-state index contributed by atoms with van der Waals surface area (Å²) < 4.78 is 0.670. The van der Waals surface area contributed by atoms with Crippen molar-refractivity contribution in [3.63, 3.8) is 0 Å². The second-order valence-corrected chi connectivity index (χ2v) is 3.95. The van der Waals surface area contributed by atoms with Crippen LogP contribution in [0.4, 0.5) is 0 Å². The second-order valence-electron chi connectivity index (χ2n) is 2.69. The lowest BCUT2D eigenvalue weighted by atomic mass is 10.1. The zero-order valence-corrected chi connectivity index (χ0v) is 9.51. The fourth-order valence-corrected chi connectivity index (χ4v) is 1.64. The van der Waals surface area contributed by atoms with E-state index in [9.17, 15) is 9.70 Å². The van der Waals surface area contributed by atoms with Crippen molar-refractivity contribution in [2.24, 2.45) is 5.18 Å². The van der Waals surface area contributed by atoms with Crippen LogP contribution in [0.1, 0.15) is 15.9 Å². The number of hydrogen-bond donors (Lipinski definition) is 0. The van der Waals surface area contributed by atoms with Gasteiger partial charge in [0, 0.05) is 10.0 Å². The van der Waals surface area contributed by atoms with Crippen LogP contribution in [0.2, 0.25) is 5.02 Å². The van der Waals surface area contributed by atoms with Crippen LogP contribution in [0.3, 0.4) is 0 Å². The summed E-state index contributed by atoms with van der Waals surface area (Å²) in [4.78, 5) is 20.6. The Morgan fingerprint density at radius 3 is 2.79 bits per heavy atom. The molecule has 0 heterocycles. The van der Waals surface area contributed by atoms with E-state index in [0.29, 0.717) is 21.5 Å². The summed E-state index contributed by atoms with van der Waals surface area (Å²) in [7, 11) is 0. The van der Waals surface area contributed by atoms with Crippen molar-refractivity contribution in [1.82, 2.24) is 0 Å². The minimum Gasteiger partial charge on any atom is -0.298 e. The normalized spacial score (nSPS) is 9.86. The number of carbonyl (C=O) groups excluding carboxylic acids is 1. The van der Waals surface area contributed by atoms with Gasteiger partial charge < -0.3 is 0 Å². The quantitative estimate of drug-likeness (QED) is 0.626. The highest BCUT2D eigenvalue weighted by Gasteiger charge is 2.06. The van der Waals surface area contributed by atoms with E-state index < -0.39 is 0 Å². The molecule has 0 saturated heterocycles. The van der Waals surface area contributed by atoms with Gasteiger partial charge in [-0.15, -0.1) is 0 Å². The van der Waals surface area contributed by atoms with E-state index in [1.807, 2.05) is 0 Å². The molecule has 74 valence electrons. The molecule has 0 aliphatic rings. The monoisotopic (exact) mass is 275 g/mol. The maximum Gasteiger partial charge on any atom is 0.150 e. The number of halogens is 2. The van der Waals surface area contributed by atoms with Crippen molar-refractivity contribution < 1.29 is 4.79 Å². The summed E-state index contributed by atoms with van der Waals surface area (Å²) in [6, 6.07) is 3.30. The van der Waals surface area contributed by atoms with Crippen molar-refractivity contribution in [2.75, 3.05) is 6.54 Å². The smallest absolute Gasteiger partial charge is 0.150 e. The number of rotatable bonds is 4. The maximum atomic E-state index is 10.7. The summed E-state index contributed by atoms with van der Waals surface area (Å²) in [5, 5.41) is 3.26. The molecule has 0 amide bonds. The third-order valence-corrected chi connectivity index (χ3v) is 2.98. The first-order chi connectivity index (χ1) is 6.69. The largest absolute Gasteiger partial charge is 0.298 e. The molecule has 1 rings (SSSR count). The van der Waals surface area contributed by atoms with Crippen molar-refractivity contribution >= 4 is 33.8 Å². The zero-order chi connectivity index (χ0) is 10.6. The van der Waals surface area contributed by atoms with Gasteiger partial charge >= 0.3 is 0 Å². The highest BCUT2D eigenvalue weighted by molar-refractivity contribution is 9.10. The lowest BCUT2D eigenvalue weighted by Crippen LogP contribution is -1.96. The Kier molecular flexibility index (Phi) is 4.22. The summed E-state index contributed by atoms with van der Waals surface area (Å²) in [6.07, 6.45) is 1.17. The van der Waals surface area contributed by atoms with Crippen LogP contribution >= 0.6 is 27.5 Å². The lowest BCUT2D eigenvalue weighted by Gasteiger charge is -2.04. The molecule has 0 saturated carbocycles. The number of carbonyl (C=O) groups is 1. The highest BCUT2D eigenvalue weighted by Crippen LogP contribution is 2.26. The summed E-state index contributed by atoms with van der Waals surface area (Å²) >= 11 is 9.06. The molecule has 0 bridgehead atoms. The molecule has 0 fully saturated rings. The van der Waals surface area contributed by atoms with Crippen LogP contribution in [0.5, 0.6) is 0 Å². The molecule has 0 unspecified atom stereocenters. The molecular formula is C9H7BrClNO2. The molecule has 3 nitrogen and oxygen atoms in total. The SMILES string of the molecule is O=Cc1cc(Br)c(Cl)cc1CCN=O. The van der Waals surface area contributed by atoms with Crippen LogP contribution in [0.25, 0.3) is 0 Å². The molecule has 0 N–H and O–H groups in total. The van der Waals surface area contributed by atoms with Crippen LogP contribution in [0.15, 0.2) is 21.8 Å². The minimum atomic E-state index is 0.152. The predicted molar refractivity (Wildman–Crippen MR) is 58.9 cm³/mol. The number of nitroso groups, excluding NO2 is 1. The second kappa shape index (κ2) is 5.22. The molecule has 0 aromatic heterocycles. The average molecular weight is 277 g/mol. The van der Waals surface area contributed by atoms with E-state index >= 15 is 0 Å². The minimum absolute atomic E-state index is 0.152. The Morgan fingerprint density at radius 2 is 2.21 bits per heavy atom. The number of hydrogen-bond acceptors (Lipinski definition) is 3. The predicted octanol–water partition coefficient (Wildman–Crippen LogP) is 3.22. The van der Waals surface area contributed by atoms with E-state index in [2.05, 4.69) is 21.1 Å². The van der Waals surface area contributed by atoms with E-state index in [0.717, 1.165) is 11.8 Å². The van der Waals surface area contributed by atoms with Gasteiger partial charge in [0.15, 0.2) is 0 Å². The van der Waals surface area contributed by atoms with Gasteiger partial charge in [-0.3, -0.25) is 4.79 Å². The van der Waals surface area contributed by atoms with Crippen molar-refractivity contribution in [1.29, 1.82) is 0 Å². The number of aldehydes is 1. The summed E-state index contributed by atoms with van der Waals surface area (Å²) in [5.74, 6) is 0. The fourth-order valence-electron chi connectivity index (χ4n) is 1.10. The third-order valence-electron chi connectivity index (χ3n) is 1.78. The topological polar surface area (TPSA) is 46.5 Å². The van der Waals surface area contributed by atoms with E-state index in [4.69, 9.17) is 11.6 Å². The standard InChI is InChI=1S/C9H7BrClNO2/c10-8-3-7(5-13)6(1-2-12-14)4-9(8)11/h3-5H,1-2H2. The molecule has 0 atom stereocenters. The van der Waals surface area contributed by atoms with Crippen molar-refractivity contribution in [2.45, 2.75) is 6.42 Å².